The minimum Gasteiger partial charge on any atom is -0.305 e. The summed E-state index contributed by atoms with van der Waals surface area (Å²) in [6, 6.07) is 14.8. The molecule has 5 heteroatoms. The number of halogens is 2. The van der Waals surface area contributed by atoms with Crippen LogP contribution in [0.15, 0.2) is 67.0 Å². The maximum Gasteiger partial charge on any atom is 0.156 e. The molecule has 0 aliphatic carbocycles. The molecule has 0 fully saturated rings. The molecule has 0 unspecified atom stereocenters. The van der Waals surface area contributed by atoms with Crippen molar-refractivity contribution in [1.29, 1.82) is 0 Å². The molecule has 0 saturated heterocycles. The summed E-state index contributed by atoms with van der Waals surface area (Å²) < 4.78 is 31.3. The van der Waals surface area contributed by atoms with Gasteiger partial charge in [-0.05, 0) is 48.5 Å². The van der Waals surface area contributed by atoms with Crippen LogP contribution in [0, 0.1) is 11.6 Å². The van der Waals surface area contributed by atoms with Gasteiger partial charge in [0.25, 0.3) is 0 Å². The van der Waals surface area contributed by atoms with Crippen molar-refractivity contribution < 1.29 is 8.78 Å². The summed E-state index contributed by atoms with van der Waals surface area (Å²) >= 11 is 0. The third-order valence-electron chi connectivity index (χ3n) is 4.27. The molecular formula is C19H11F2N3. The third kappa shape index (κ3) is 1.78. The van der Waals surface area contributed by atoms with Crippen molar-refractivity contribution in [2.75, 3.05) is 0 Å². The van der Waals surface area contributed by atoms with Crippen LogP contribution >= 0.6 is 0 Å². The highest BCUT2D eigenvalue weighted by atomic mass is 19.1. The van der Waals surface area contributed by atoms with Crippen molar-refractivity contribution >= 4 is 27.5 Å². The quantitative estimate of drug-likeness (QED) is 0.439. The molecule has 3 nitrogen and oxygen atoms in total. The second-order valence-electron chi connectivity index (χ2n) is 5.72. The molecule has 0 aliphatic rings. The first-order valence-electron chi connectivity index (χ1n) is 7.54. The van der Waals surface area contributed by atoms with Gasteiger partial charge in [-0.2, -0.15) is 0 Å². The van der Waals surface area contributed by atoms with E-state index in [0.29, 0.717) is 16.6 Å². The standard InChI is InChI=1S/C19H11F2N3/c20-12-4-6-16-14(9-12)15-10-13(21)5-7-17(15)24(16)19-11-23-8-2-1-3-18(23)22-19/h1-11H. The molecule has 5 aromatic rings. The summed E-state index contributed by atoms with van der Waals surface area (Å²) in [7, 11) is 0. The maximum atomic E-state index is 13.7. The van der Waals surface area contributed by atoms with Gasteiger partial charge in [-0.15, -0.1) is 0 Å². The number of aromatic nitrogens is 3. The summed E-state index contributed by atoms with van der Waals surface area (Å²) in [5.41, 5.74) is 2.40. The van der Waals surface area contributed by atoms with E-state index in [4.69, 9.17) is 0 Å². The zero-order chi connectivity index (χ0) is 16.3. The van der Waals surface area contributed by atoms with Crippen molar-refractivity contribution in [3.05, 3.63) is 78.6 Å². The van der Waals surface area contributed by atoms with Crippen LogP contribution < -0.4 is 0 Å². The zero-order valence-corrected chi connectivity index (χ0v) is 12.4. The lowest BCUT2D eigenvalue weighted by atomic mass is 10.1. The number of fused-ring (bicyclic) bond motifs is 4. The largest absolute Gasteiger partial charge is 0.305 e. The van der Waals surface area contributed by atoms with Gasteiger partial charge in [-0.25, -0.2) is 13.8 Å². The molecule has 0 atom stereocenters. The SMILES string of the molecule is Fc1ccc2c(c1)c1cc(F)ccc1n2-c1cn2ccccc2n1. The lowest BCUT2D eigenvalue weighted by Crippen LogP contribution is -1.93. The average Bonchev–Trinajstić information content (AvgIpc) is 3.13. The van der Waals surface area contributed by atoms with Crippen molar-refractivity contribution in [2.45, 2.75) is 0 Å². The summed E-state index contributed by atoms with van der Waals surface area (Å²) in [6.45, 7) is 0. The van der Waals surface area contributed by atoms with Crippen LogP contribution in [0.4, 0.5) is 8.78 Å². The van der Waals surface area contributed by atoms with E-state index in [1.807, 2.05) is 39.6 Å². The molecule has 0 N–H and O–H groups in total. The van der Waals surface area contributed by atoms with E-state index >= 15 is 0 Å². The molecule has 2 aromatic carbocycles. The average molecular weight is 319 g/mol. The summed E-state index contributed by atoms with van der Waals surface area (Å²) in [5.74, 6) is 0.0149. The van der Waals surface area contributed by atoms with Gasteiger partial charge in [-0.3, -0.25) is 4.57 Å². The van der Waals surface area contributed by atoms with Crippen LogP contribution in [0.2, 0.25) is 0 Å². The Hall–Kier alpha value is -3.21. The van der Waals surface area contributed by atoms with Crippen LogP contribution in [-0.2, 0) is 0 Å². The van der Waals surface area contributed by atoms with E-state index in [1.54, 1.807) is 12.1 Å². The van der Waals surface area contributed by atoms with E-state index in [-0.39, 0.29) is 11.6 Å². The van der Waals surface area contributed by atoms with Crippen LogP contribution in [-0.4, -0.2) is 14.0 Å². The monoisotopic (exact) mass is 319 g/mol. The van der Waals surface area contributed by atoms with Gasteiger partial charge >= 0.3 is 0 Å². The van der Waals surface area contributed by atoms with Gasteiger partial charge in [-0.1, -0.05) is 6.07 Å². The minimum atomic E-state index is -0.346. The number of hydrogen-bond acceptors (Lipinski definition) is 1. The second-order valence-corrected chi connectivity index (χ2v) is 5.72. The Bertz CT molecular complexity index is 1140. The first-order valence-corrected chi connectivity index (χ1v) is 7.54. The summed E-state index contributed by atoms with van der Waals surface area (Å²) in [4.78, 5) is 4.64. The molecule has 3 heterocycles. The highest BCUT2D eigenvalue weighted by Gasteiger charge is 2.15. The molecule has 116 valence electrons. The Labute approximate surface area is 135 Å². The van der Waals surface area contributed by atoms with E-state index < -0.39 is 0 Å². The molecular weight excluding hydrogens is 308 g/mol. The Morgan fingerprint density at radius 1 is 0.792 bits per heavy atom. The fourth-order valence-corrected chi connectivity index (χ4v) is 3.24. The molecule has 0 bridgehead atoms. The number of pyridine rings is 1. The zero-order valence-electron chi connectivity index (χ0n) is 12.4. The fourth-order valence-electron chi connectivity index (χ4n) is 3.24. The summed E-state index contributed by atoms with van der Waals surface area (Å²) in [6.07, 6.45) is 3.82. The van der Waals surface area contributed by atoms with Crippen LogP contribution in [0.3, 0.4) is 0 Å². The Morgan fingerprint density at radius 2 is 1.46 bits per heavy atom. The predicted molar refractivity (Wildman–Crippen MR) is 89.4 cm³/mol. The normalized spacial score (nSPS) is 11.8. The Kier molecular flexibility index (Phi) is 2.56. The van der Waals surface area contributed by atoms with Crippen LogP contribution in [0.1, 0.15) is 0 Å². The van der Waals surface area contributed by atoms with E-state index in [1.165, 1.54) is 24.3 Å². The molecule has 0 saturated carbocycles. The third-order valence-corrected chi connectivity index (χ3v) is 4.27. The van der Waals surface area contributed by atoms with Crippen molar-refractivity contribution in [3.8, 4) is 5.82 Å². The molecule has 0 amide bonds. The molecule has 3 aromatic heterocycles. The van der Waals surface area contributed by atoms with Gasteiger partial charge < -0.3 is 4.40 Å². The van der Waals surface area contributed by atoms with Crippen molar-refractivity contribution in [3.63, 3.8) is 0 Å². The smallest absolute Gasteiger partial charge is 0.156 e. The van der Waals surface area contributed by atoms with Crippen molar-refractivity contribution in [2.24, 2.45) is 0 Å². The van der Waals surface area contributed by atoms with E-state index in [2.05, 4.69) is 4.98 Å². The first kappa shape index (κ1) is 13.2. The second kappa shape index (κ2) is 4.64. The minimum absolute atomic E-state index is 0.346. The predicted octanol–water partition coefficient (Wildman–Crippen LogP) is 4.71. The molecule has 5 rings (SSSR count). The number of benzene rings is 2. The topological polar surface area (TPSA) is 22.2 Å². The Balaban J connectivity index is 1.95. The molecule has 0 aliphatic heterocycles. The van der Waals surface area contributed by atoms with E-state index in [9.17, 15) is 8.78 Å². The lowest BCUT2D eigenvalue weighted by molar-refractivity contribution is 0.628. The van der Waals surface area contributed by atoms with Gasteiger partial charge in [0.05, 0.1) is 17.2 Å². The number of imidazole rings is 1. The van der Waals surface area contributed by atoms with Gasteiger partial charge in [0.1, 0.15) is 17.3 Å². The molecule has 0 radical (unpaired) electrons. The van der Waals surface area contributed by atoms with Gasteiger partial charge in [0.15, 0.2) is 5.82 Å². The van der Waals surface area contributed by atoms with Crippen LogP contribution in [0.5, 0.6) is 0 Å². The maximum absolute atomic E-state index is 13.7. The van der Waals surface area contributed by atoms with Crippen LogP contribution in [0.25, 0.3) is 33.3 Å². The number of nitrogens with zero attached hydrogens (tertiary/aromatic N) is 3. The molecule has 24 heavy (non-hydrogen) atoms. The number of rotatable bonds is 1. The Morgan fingerprint density at radius 3 is 2.08 bits per heavy atom. The summed E-state index contributed by atoms with van der Waals surface area (Å²) in [5, 5.41) is 1.34. The number of hydrogen-bond donors (Lipinski definition) is 0. The highest BCUT2D eigenvalue weighted by molar-refractivity contribution is 6.09. The first-order chi connectivity index (χ1) is 11.7. The fraction of sp³-hybridized carbons (Fsp3) is 0. The van der Waals surface area contributed by atoms with Crippen molar-refractivity contribution in [1.82, 2.24) is 14.0 Å². The van der Waals surface area contributed by atoms with E-state index in [0.717, 1.165) is 16.7 Å². The molecule has 0 spiro atoms. The highest BCUT2D eigenvalue weighted by Crippen LogP contribution is 2.32. The van der Waals surface area contributed by atoms with Gasteiger partial charge in [0.2, 0.25) is 0 Å². The van der Waals surface area contributed by atoms with Gasteiger partial charge in [0, 0.05) is 17.0 Å². The lowest BCUT2D eigenvalue weighted by Gasteiger charge is -2.02.